The van der Waals surface area contributed by atoms with Crippen LogP contribution in [0.5, 0.6) is 0 Å². The molecule has 0 rings (SSSR count). The zero-order chi connectivity index (χ0) is 9.00. The van der Waals surface area contributed by atoms with Gasteiger partial charge in [-0.25, -0.2) is 0 Å². The van der Waals surface area contributed by atoms with Gasteiger partial charge in [-0.1, -0.05) is 0 Å². The fraction of sp³-hybridized carbons (Fsp3) is 0. The van der Waals surface area contributed by atoms with Crippen LogP contribution in [0, 0.1) is 0 Å². The number of hydrogen-bond donors (Lipinski definition) is 4. The van der Waals surface area contributed by atoms with Crippen molar-refractivity contribution in [1.29, 1.82) is 0 Å². The van der Waals surface area contributed by atoms with Gasteiger partial charge in [-0.2, -0.15) is 16.8 Å². The van der Waals surface area contributed by atoms with E-state index in [0.29, 0.717) is 0 Å². The van der Waals surface area contributed by atoms with Crippen molar-refractivity contribution in [1.82, 2.24) is 0 Å². The van der Waals surface area contributed by atoms with Crippen LogP contribution in [0.1, 0.15) is 0 Å². The summed E-state index contributed by atoms with van der Waals surface area (Å²) in [5.74, 6) is 0. The summed E-state index contributed by atoms with van der Waals surface area (Å²) in [6, 6.07) is 0. The Morgan fingerprint density at radius 3 is 0.636 bits per heavy atom. The van der Waals surface area contributed by atoms with Crippen molar-refractivity contribution < 1.29 is 60.9 Å². The van der Waals surface area contributed by atoms with Crippen LogP contribution in [0.25, 0.3) is 0 Å². The quantitative estimate of drug-likeness (QED) is 0.382. The van der Waals surface area contributed by atoms with Gasteiger partial charge in [0.2, 0.25) is 0 Å². The first-order chi connectivity index (χ1) is 4.00. The first-order valence-electron chi connectivity index (χ1n) is 1.40. The van der Waals surface area contributed by atoms with Gasteiger partial charge in [0.1, 0.15) is 0 Å². The Morgan fingerprint density at radius 2 is 0.636 bits per heavy atom. The molecule has 0 aromatic heterocycles. The Labute approximate surface area is 81.6 Å². The van der Waals surface area contributed by atoms with E-state index in [4.69, 9.17) is 35.0 Å². The van der Waals surface area contributed by atoms with E-state index in [1.807, 2.05) is 0 Å². The van der Waals surface area contributed by atoms with E-state index in [1.54, 1.807) is 0 Å². The summed E-state index contributed by atoms with van der Waals surface area (Å²) in [6.07, 6.45) is 0. The van der Waals surface area contributed by atoms with Crippen LogP contribution in [0.4, 0.5) is 0 Å². The molecule has 0 atom stereocenters. The van der Waals surface area contributed by atoms with Crippen LogP contribution in [0.15, 0.2) is 0 Å². The number of hydrogen-bond acceptors (Lipinski definition) is 4. The van der Waals surface area contributed by atoms with Crippen molar-refractivity contribution in [2.24, 2.45) is 0 Å². The molecule has 0 aliphatic heterocycles. The molecule has 0 saturated carbocycles. The molecule has 8 nitrogen and oxygen atoms in total. The summed E-state index contributed by atoms with van der Waals surface area (Å²) in [6.45, 7) is 0. The smallest absolute Gasteiger partial charge is 0.264 e. The third-order valence-electron chi connectivity index (χ3n) is 0. The normalized spacial score (nSPS) is 10.5. The van der Waals surface area contributed by atoms with Gasteiger partial charge in [0.25, 0.3) is 0 Å². The predicted octanol–water partition coefficient (Wildman–Crippen LogP) is -1.31. The summed E-state index contributed by atoms with van der Waals surface area (Å²) in [7, 11) is -9.33. The second-order valence-electron chi connectivity index (χ2n) is 0.896. The van der Waals surface area contributed by atoms with E-state index < -0.39 is 20.8 Å². The molecule has 0 fully saturated rings. The SMILES string of the molecule is O=S(=O)(O)O.O=S(=O)(O)O.[Sc]. The second-order valence-corrected chi connectivity index (χ2v) is 2.69. The minimum Gasteiger partial charge on any atom is -0.264 e. The topological polar surface area (TPSA) is 149 Å². The molecule has 0 amide bonds. The van der Waals surface area contributed by atoms with Crippen LogP contribution < -0.4 is 0 Å². The van der Waals surface area contributed by atoms with E-state index in [0.717, 1.165) is 0 Å². The van der Waals surface area contributed by atoms with Crippen molar-refractivity contribution in [3.63, 3.8) is 0 Å². The van der Waals surface area contributed by atoms with Crippen molar-refractivity contribution in [2.75, 3.05) is 0 Å². The van der Waals surface area contributed by atoms with Crippen LogP contribution in [0.2, 0.25) is 0 Å². The van der Waals surface area contributed by atoms with Gasteiger partial charge in [0.05, 0.1) is 0 Å². The maximum Gasteiger partial charge on any atom is 0.394 e. The Hall–Kier alpha value is 0.610. The first kappa shape index (κ1) is 17.6. The Morgan fingerprint density at radius 1 is 0.636 bits per heavy atom. The Bertz CT molecular complexity index is 208. The van der Waals surface area contributed by atoms with Crippen LogP contribution in [-0.2, 0) is 46.6 Å². The van der Waals surface area contributed by atoms with Crippen LogP contribution in [0.3, 0.4) is 0 Å². The maximum absolute atomic E-state index is 8.74. The minimum absolute atomic E-state index is 0. The summed E-state index contributed by atoms with van der Waals surface area (Å²) < 4.78 is 63.2. The predicted molar refractivity (Wildman–Crippen MR) is 28.4 cm³/mol. The molecular formula is H4O8S2Sc. The van der Waals surface area contributed by atoms with Gasteiger partial charge < -0.3 is 0 Å². The molecule has 4 N–H and O–H groups in total. The second kappa shape index (κ2) is 6.16. The van der Waals surface area contributed by atoms with E-state index in [1.165, 1.54) is 0 Å². The van der Waals surface area contributed by atoms with Gasteiger partial charge in [-0.05, 0) is 0 Å². The summed E-state index contributed by atoms with van der Waals surface area (Å²) in [4.78, 5) is 0. The molecule has 1 radical (unpaired) electrons. The van der Waals surface area contributed by atoms with Gasteiger partial charge in [-0.3, -0.25) is 18.2 Å². The molecule has 0 saturated heterocycles. The molecule has 11 heavy (non-hydrogen) atoms. The molecule has 0 aromatic carbocycles. The van der Waals surface area contributed by atoms with Gasteiger partial charge in [-0.15, -0.1) is 0 Å². The van der Waals surface area contributed by atoms with Crippen LogP contribution >= 0.6 is 0 Å². The zero-order valence-corrected chi connectivity index (χ0v) is 8.25. The molecule has 0 aliphatic rings. The monoisotopic (exact) mass is 241 g/mol. The third kappa shape index (κ3) is 2110. The van der Waals surface area contributed by atoms with Crippen LogP contribution in [-0.4, -0.2) is 35.0 Å². The summed E-state index contributed by atoms with van der Waals surface area (Å²) in [5, 5.41) is 0. The Balaban J connectivity index is -0.000000107. The molecular weight excluding hydrogens is 237 g/mol. The average Bonchev–Trinajstić information content (AvgIpc) is 1.12. The first-order valence-corrected chi connectivity index (χ1v) is 4.19. The fourth-order valence-corrected chi connectivity index (χ4v) is 0. The van der Waals surface area contributed by atoms with Gasteiger partial charge in [0, 0.05) is 25.8 Å². The third-order valence-corrected chi connectivity index (χ3v) is 0. The van der Waals surface area contributed by atoms with E-state index >= 15 is 0 Å². The fourth-order valence-electron chi connectivity index (χ4n) is 0. The summed E-state index contributed by atoms with van der Waals surface area (Å²) in [5.41, 5.74) is 0. The molecule has 0 spiro atoms. The standard InChI is InChI=1S/2H2O4S.Sc/c2*1-5(2,3)4;/h2*(H2,1,2,3,4);. The van der Waals surface area contributed by atoms with Crippen molar-refractivity contribution >= 4 is 20.8 Å². The van der Waals surface area contributed by atoms with E-state index in [2.05, 4.69) is 0 Å². The number of rotatable bonds is 0. The molecule has 67 valence electrons. The van der Waals surface area contributed by atoms with Crippen molar-refractivity contribution in [3.05, 3.63) is 0 Å². The maximum atomic E-state index is 8.74. The molecule has 0 unspecified atom stereocenters. The van der Waals surface area contributed by atoms with Gasteiger partial charge in [0.15, 0.2) is 0 Å². The van der Waals surface area contributed by atoms with Crippen molar-refractivity contribution in [2.45, 2.75) is 0 Å². The Kier molecular flexibility index (Phi) is 9.88. The van der Waals surface area contributed by atoms with E-state index in [9.17, 15) is 0 Å². The minimum atomic E-state index is -4.67. The molecule has 0 aromatic rings. The molecule has 11 heteroatoms. The zero-order valence-electron chi connectivity index (χ0n) is 4.82. The molecule has 0 aliphatic carbocycles. The van der Waals surface area contributed by atoms with E-state index in [-0.39, 0.29) is 25.8 Å². The van der Waals surface area contributed by atoms with Crippen molar-refractivity contribution in [3.8, 4) is 0 Å². The molecule has 0 bridgehead atoms. The average molecular weight is 241 g/mol. The summed E-state index contributed by atoms with van der Waals surface area (Å²) >= 11 is 0. The van der Waals surface area contributed by atoms with Gasteiger partial charge >= 0.3 is 20.8 Å². The largest absolute Gasteiger partial charge is 0.394 e. The molecule has 0 heterocycles.